The maximum Gasteiger partial charge on any atom is 0.239 e. The number of nitrogen functional groups attached to an aromatic ring is 1. The average molecular weight is 252 g/mol. The molecule has 7 heteroatoms. The Morgan fingerprint density at radius 3 is 2.78 bits per heavy atom. The molecule has 0 unspecified atom stereocenters. The summed E-state index contributed by atoms with van der Waals surface area (Å²) in [6.45, 7) is 4.85. The number of nitrogens with one attached hydrogen (secondary N) is 2. The number of rotatable bonds is 6. The standard InChI is InChI=1S/C11H20N6O/c1-4-5-17(7-11(18)13-3)10-6-9(16-12)14-8(2)15-10/h6H,4-5,7,12H2,1-3H3,(H,13,18)(H,14,15,16). The molecule has 0 aliphatic carbocycles. The highest BCUT2D eigenvalue weighted by Gasteiger charge is 2.12. The van der Waals surface area contributed by atoms with Crippen LogP contribution in [0.15, 0.2) is 6.07 Å². The van der Waals surface area contributed by atoms with Gasteiger partial charge in [-0.2, -0.15) is 0 Å². The highest BCUT2D eigenvalue weighted by molar-refractivity contribution is 5.80. The van der Waals surface area contributed by atoms with E-state index in [0.29, 0.717) is 17.5 Å². The number of hydrazine groups is 1. The first kappa shape index (κ1) is 14.2. The minimum atomic E-state index is -0.0537. The largest absolute Gasteiger partial charge is 0.358 e. The first-order valence-corrected chi connectivity index (χ1v) is 5.88. The molecule has 0 aliphatic rings. The van der Waals surface area contributed by atoms with Gasteiger partial charge in [0.2, 0.25) is 5.91 Å². The van der Waals surface area contributed by atoms with Crippen LogP contribution >= 0.6 is 0 Å². The Morgan fingerprint density at radius 2 is 2.22 bits per heavy atom. The number of likely N-dealkylation sites (N-methyl/N-ethyl adjacent to an activating group) is 1. The van der Waals surface area contributed by atoms with Crippen LogP contribution in [0, 0.1) is 6.92 Å². The molecular formula is C11H20N6O. The Balaban J connectivity index is 2.96. The molecule has 0 radical (unpaired) electrons. The molecule has 1 aromatic rings. The van der Waals surface area contributed by atoms with Gasteiger partial charge in [0.1, 0.15) is 17.5 Å². The fraction of sp³-hybridized carbons (Fsp3) is 0.545. The van der Waals surface area contributed by atoms with Crippen LogP contribution in [0.4, 0.5) is 11.6 Å². The number of anilines is 2. The van der Waals surface area contributed by atoms with E-state index in [9.17, 15) is 4.79 Å². The smallest absolute Gasteiger partial charge is 0.239 e. The second-order valence-electron chi connectivity index (χ2n) is 3.90. The van der Waals surface area contributed by atoms with Gasteiger partial charge in [-0.15, -0.1) is 0 Å². The second kappa shape index (κ2) is 6.75. The zero-order valence-electron chi connectivity index (χ0n) is 11.0. The lowest BCUT2D eigenvalue weighted by atomic mass is 10.3. The highest BCUT2D eigenvalue weighted by Crippen LogP contribution is 2.15. The third kappa shape index (κ3) is 3.85. The van der Waals surface area contributed by atoms with Crippen LogP contribution in [0.5, 0.6) is 0 Å². The molecule has 4 N–H and O–H groups in total. The summed E-state index contributed by atoms with van der Waals surface area (Å²) in [5.41, 5.74) is 2.49. The molecule has 1 amide bonds. The molecule has 0 aliphatic heterocycles. The molecule has 1 aromatic heterocycles. The maximum absolute atomic E-state index is 11.5. The van der Waals surface area contributed by atoms with Crippen LogP contribution in [0.25, 0.3) is 0 Å². The quantitative estimate of drug-likeness (QED) is 0.488. The molecule has 7 nitrogen and oxygen atoms in total. The van der Waals surface area contributed by atoms with Gasteiger partial charge in [-0.1, -0.05) is 6.92 Å². The fourth-order valence-corrected chi connectivity index (χ4v) is 1.58. The van der Waals surface area contributed by atoms with Gasteiger partial charge in [0.15, 0.2) is 0 Å². The van der Waals surface area contributed by atoms with Gasteiger partial charge in [0.05, 0.1) is 6.54 Å². The number of hydrogen-bond donors (Lipinski definition) is 3. The number of amides is 1. The number of hydrogen-bond acceptors (Lipinski definition) is 6. The Bertz CT molecular complexity index is 409. The van der Waals surface area contributed by atoms with Crippen molar-refractivity contribution in [2.24, 2.45) is 5.84 Å². The van der Waals surface area contributed by atoms with Gasteiger partial charge in [-0.05, 0) is 13.3 Å². The summed E-state index contributed by atoms with van der Waals surface area (Å²) in [6.07, 6.45) is 0.922. The Morgan fingerprint density at radius 1 is 1.50 bits per heavy atom. The molecule has 0 atom stereocenters. The van der Waals surface area contributed by atoms with Crippen LogP contribution in [-0.4, -0.2) is 36.0 Å². The molecule has 1 rings (SSSR count). The SMILES string of the molecule is CCCN(CC(=O)NC)c1cc(NN)nc(C)n1. The lowest BCUT2D eigenvalue weighted by Gasteiger charge is -2.22. The minimum absolute atomic E-state index is 0.0537. The predicted molar refractivity (Wildman–Crippen MR) is 71.1 cm³/mol. The lowest BCUT2D eigenvalue weighted by Crippen LogP contribution is -2.36. The third-order valence-electron chi connectivity index (χ3n) is 2.40. The summed E-state index contributed by atoms with van der Waals surface area (Å²) in [5.74, 6) is 7.14. The van der Waals surface area contributed by atoms with Crippen molar-refractivity contribution < 1.29 is 4.79 Å². The number of nitrogens with zero attached hydrogens (tertiary/aromatic N) is 3. The normalized spacial score (nSPS) is 10.0. The number of carbonyl (C=O) groups is 1. The van der Waals surface area contributed by atoms with Crippen LogP contribution in [0.2, 0.25) is 0 Å². The van der Waals surface area contributed by atoms with E-state index < -0.39 is 0 Å². The zero-order chi connectivity index (χ0) is 13.5. The molecule has 0 saturated carbocycles. The maximum atomic E-state index is 11.5. The van der Waals surface area contributed by atoms with Gasteiger partial charge >= 0.3 is 0 Å². The Hall–Kier alpha value is -1.89. The van der Waals surface area contributed by atoms with Crippen molar-refractivity contribution in [3.63, 3.8) is 0 Å². The molecule has 0 spiro atoms. The Labute approximate surface area is 107 Å². The van der Waals surface area contributed by atoms with E-state index >= 15 is 0 Å². The molecule has 100 valence electrons. The van der Waals surface area contributed by atoms with Crippen LogP contribution < -0.4 is 21.5 Å². The zero-order valence-corrected chi connectivity index (χ0v) is 11.0. The average Bonchev–Trinajstić information content (AvgIpc) is 2.37. The number of aryl methyl sites for hydroxylation is 1. The summed E-state index contributed by atoms with van der Waals surface area (Å²) in [4.78, 5) is 21.8. The fourth-order valence-electron chi connectivity index (χ4n) is 1.58. The molecule has 0 saturated heterocycles. The first-order valence-electron chi connectivity index (χ1n) is 5.88. The van der Waals surface area contributed by atoms with Crippen LogP contribution in [-0.2, 0) is 4.79 Å². The molecule has 0 aromatic carbocycles. The summed E-state index contributed by atoms with van der Waals surface area (Å²) in [7, 11) is 1.62. The van der Waals surface area contributed by atoms with Gasteiger partial charge in [-0.3, -0.25) is 4.79 Å². The monoisotopic (exact) mass is 252 g/mol. The van der Waals surface area contributed by atoms with Crippen LogP contribution in [0.3, 0.4) is 0 Å². The Kier molecular flexibility index (Phi) is 5.31. The van der Waals surface area contributed by atoms with E-state index in [0.717, 1.165) is 13.0 Å². The molecular weight excluding hydrogens is 232 g/mol. The first-order chi connectivity index (χ1) is 8.60. The second-order valence-corrected chi connectivity index (χ2v) is 3.90. The van der Waals surface area contributed by atoms with E-state index in [4.69, 9.17) is 5.84 Å². The van der Waals surface area contributed by atoms with Gasteiger partial charge in [-0.25, -0.2) is 15.8 Å². The third-order valence-corrected chi connectivity index (χ3v) is 2.40. The van der Waals surface area contributed by atoms with Crippen LogP contribution in [0.1, 0.15) is 19.2 Å². The van der Waals surface area contributed by atoms with E-state index in [1.165, 1.54) is 0 Å². The molecule has 1 heterocycles. The lowest BCUT2D eigenvalue weighted by molar-refractivity contribution is -0.119. The molecule has 18 heavy (non-hydrogen) atoms. The van der Waals surface area contributed by atoms with Gasteiger partial charge < -0.3 is 15.6 Å². The van der Waals surface area contributed by atoms with Crippen molar-refractivity contribution in [3.05, 3.63) is 11.9 Å². The number of carbonyl (C=O) groups excluding carboxylic acids is 1. The molecule has 0 bridgehead atoms. The number of aromatic nitrogens is 2. The summed E-state index contributed by atoms with van der Waals surface area (Å²) in [5, 5.41) is 2.60. The van der Waals surface area contributed by atoms with E-state index in [-0.39, 0.29) is 12.5 Å². The van der Waals surface area contributed by atoms with Crippen molar-refractivity contribution in [2.45, 2.75) is 20.3 Å². The van der Waals surface area contributed by atoms with E-state index in [1.807, 2.05) is 11.8 Å². The topological polar surface area (TPSA) is 96.2 Å². The predicted octanol–water partition coefficient (Wildman–Crippen LogP) is 0.0330. The van der Waals surface area contributed by atoms with Crippen molar-refractivity contribution in [3.8, 4) is 0 Å². The van der Waals surface area contributed by atoms with E-state index in [1.54, 1.807) is 20.0 Å². The van der Waals surface area contributed by atoms with Crippen molar-refractivity contribution in [2.75, 3.05) is 30.5 Å². The van der Waals surface area contributed by atoms with Crippen molar-refractivity contribution in [1.82, 2.24) is 15.3 Å². The number of nitrogens with two attached hydrogens (primary N) is 1. The molecule has 0 fully saturated rings. The highest BCUT2D eigenvalue weighted by atomic mass is 16.1. The van der Waals surface area contributed by atoms with Crippen molar-refractivity contribution >= 4 is 17.5 Å². The summed E-state index contributed by atoms with van der Waals surface area (Å²) in [6, 6.07) is 1.73. The van der Waals surface area contributed by atoms with Gasteiger partial charge in [0, 0.05) is 19.7 Å². The van der Waals surface area contributed by atoms with Gasteiger partial charge in [0.25, 0.3) is 0 Å². The summed E-state index contributed by atoms with van der Waals surface area (Å²) >= 11 is 0. The summed E-state index contributed by atoms with van der Waals surface area (Å²) < 4.78 is 0. The minimum Gasteiger partial charge on any atom is -0.358 e. The van der Waals surface area contributed by atoms with Crippen molar-refractivity contribution in [1.29, 1.82) is 0 Å². The van der Waals surface area contributed by atoms with E-state index in [2.05, 4.69) is 20.7 Å².